The van der Waals surface area contributed by atoms with Gasteiger partial charge in [-0.2, -0.15) is 0 Å². The molecule has 0 radical (unpaired) electrons. The van der Waals surface area contributed by atoms with Crippen molar-refractivity contribution in [1.29, 1.82) is 0 Å². The van der Waals surface area contributed by atoms with Gasteiger partial charge in [0, 0.05) is 8.95 Å². The molecule has 0 aliphatic rings. The number of hydrogen-bond donors (Lipinski definition) is 0. The average Bonchev–Trinajstić information content (AvgIpc) is 2.61. The molecule has 0 spiro atoms. The Morgan fingerprint density at radius 2 is 0.917 bits per heavy atom. The first-order chi connectivity index (χ1) is 11.7. The molecular weight excluding hydrogens is 424 g/mol. The lowest BCUT2D eigenvalue weighted by Gasteiger charge is -2.12. The van der Waals surface area contributed by atoms with Crippen molar-refractivity contribution in [2.75, 3.05) is 0 Å². The summed E-state index contributed by atoms with van der Waals surface area (Å²) in [6.07, 6.45) is 0. The lowest BCUT2D eigenvalue weighted by Crippen LogP contribution is -1.86. The van der Waals surface area contributed by atoms with Crippen LogP contribution in [0.3, 0.4) is 0 Å². The van der Waals surface area contributed by atoms with Crippen LogP contribution in [0.2, 0.25) is 0 Å². The predicted molar refractivity (Wildman–Crippen MR) is 110 cm³/mol. The maximum absolute atomic E-state index is 3.58. The fourth-order valence-electron chi connectivity index (χ4n) is 3.11. The highest BCUT2D eigenvalue weighted by Gasteiger charge is 2.09. The van der Waals surface area contributed by atoms with Gasteiger partial charge in [0.1, 0.15) is 0 Å². The molecule has 0 atom stereocenters. The average molecular weight is 438 g/mol. The smallest absolute Gasteiger partial charge is 0.0181 e. The maximum atomic E-state index is 3.58. The summed E-state index contributed by atoms with van der Waals surface area (Å²) >= 11 is 7.15. The standard InChI is InChI=1S/C22H14Br2/c23-17-7-3-5-15(13-17)19-11-12-20(16-6-4-8-18(24)14-16)22-10-2-1-9-21(19)22/h1-14H. The molecule has 0 saturated carbocycles. The van der Waals surface area contributed by atoms with E-state index in [0.29, 0.717) is 0 Å². The molecule has 4 aromatic rings. The van der Waals surface area contributed by atoms with Crippen molar-refractivity contribution in [3.05, 3.63) is 93.9 Å². The number of rotatable bonds is 2. The Labute approximate surface area is 158 Å². The highest BCUT2D eigenvalue weighted by Crippen LogP contribution is 2.36. The van der Waals surface area contributed by atoms with Crippen LogP contribution in [0, 0.1) is 0 Å². The number of fused-ring (bicyclic) bond motifs is 1. The van der Waals surface area contributed by atoms with E-state index in [1.807, 2.05) is 0 Å². The van der Waals surface area contributed by atoms with Crippen molar-refractivity contribution in [2.45, 2.75) is 0 Å². The first-order valence-corrected chi connectivity index (χ1v) is 9.34. The highest BCUT2D eigenvalue weighted by atomic mass is 79.9. The van der Waals surface area contributed by atoms with Crippen LogP contribution >= 0.6 is 31.9 Å². The number of hydrogen-bond acceptors (Lipinski definition) is 0. The van der Waals surface area contributed by atoms with Crippen LogP contribution in [0.15, 0.2) is 93.9 Å². The molecule has 0 aliphatic carbocycles. The fourth-order valence-corrected chi connectivity index (χ4v) is 3.91. The molecule has 0 nitrogen and oxygen atoms in total. The fraction of sp³-hybridized carbons (Fsp3) is 0. The van der Waals surface area contributed by atoms with Gasteiger partial charge in [-0.15, -0.1) is 0 Å². The Hall–Kier alpha value is -1.90. The monoisotopic (exact) mass is 436 g/mol. The zero-order valence-corrected chi connectivity index (χ0v) is 16.0. The molecule has 0 amide bonds. The van der Waals surface area contributed by atoms with Crippen molar-refractivity contribution in [3.63, 3.8) is 0 Å². The lowest BCUT2D eigenvalue weighted by atomic mass is 9.92. The third-order valence-electron chi connectivity index (χ3n) is 4.20. The molecule has 0 bridgehead atoms. The van der Waals surface area contributed by atoms with Gasteiger partial charge in [-0.1, -0.05) is 92.5 Å². The molecule has 4 aromatic carbocycles. The van der Waals surface area contributed by atoms with Crippen molar-refractivity contribution < 1.29 is 0 Å². The molecular formula is C22H14Br2. The third kappa shape index (κ3) is 2.92. The zero-order chi connectivity index (χ0) is 16.5. The molecule has 0 saturated heterocycles. The minimum atomic E-state index is 1.10. The molecule has 0 aliphatic heterocycles. The largest absolute Gasteiger partial charge is 0.0616 e. The Kier molecular flexibility index (Phi) is 4.26. The number of halogens is 2. The van der Waals surface area contributed by atoms with E-state index in [2.05, 4.69) is 117 Å². The molecule has 0 heterocycles. The van der Waals surface area contributed by atoms with Crippen LogP contribution in [0.4, 0.5) is 0 Å². The van der Waals surface area contributed by atoms with Crippen LogP contribution in [-0.4, -0.2) is 0 Å². The van der Waals surface area contributed by atoms with E-state index < -0.39 is 0 Å². The Morgan fingerprint density at radius 3 is 1.33 bits per heavy atom. The van der Waals surface area contributed by atoms with E-state index in [1.165, 1.54) is 33.0 Å². The second-order valence-electron chi connectivity index (χ2n) is 5.73. The van der Waals surface area contributed by atoms with Gasteiger partial charge in [0.05, 0.1) is 0 Å². The first kappa shape index (κ1) is 15.6. The molecule has 116 valence electrons. The highest BCUT2D eigenvalue weighted by molar-refractivity contribution is 9.10. The Bertz CT molecular complexity index is 951. The van der Waals surface area contributed by atoms with Gasteiger partial charge < -0.3 is 0 Å². The lowest BCUT2D eigenvalue weighted by molar-refractivity contribution is 1.59. The van der Waals surface area contributed by atoms with E-state index in [9.17, 15) is 0 Å². The van der Waals surface area contributed by atoms with Gasteiger partial charge in [-0.3, -0.25) is 0 Å². The summed E-state index contributed by atoms with van der Waals surface area (Å²) in [5, 5.41) is 2.54. The van der Waals surface area contributed by atoms with Crippen molar-refractivity contribution in [3.8, 4) is 22.3 Å². The normalized spacial score (nSPS) is 10.9. The summed E-state index contributed by atoms with van der Waals surface area (Å²) in [5.74, 6) is 0. The van der Waals surface area contributed by atoms with E-state index in [4.69, 9.17) is 0 Å². The van der Waals surface area contributed by atoms with Gasteiger partial charge in [-0.05, 0) is 57.3 Å². The summed E-state index contributed by atoms with van der Waals surface area (Å²) in [6, 6.07) is 30.0. The number of benzene rings is 4. The van der Waals surface area contributed by atoms with E-state index in [-0.39, 0.29) is 0 Å². The molecule has 0 fully saturated rings. The zero-order valence-electron chi connectivity index (χ0n) is 12.8. The van der Waals surface area contributed by atoms with Crippen LogP contribution < -0.4 is 0 Å². The Balaban J connectivity index is 1.99. The van der Waals surface area contributed by atoms with Crippen molar-refractivity contribution in [1.82, 2.24) is 0 Å². The summed E-state index contributed by atoms with van der Waals surface area (Å²) < 4.78 is 2.19. The van der Waals surface area contributed by atoms with Gasteiger partial charge in [0.25, 0.3) is 0 Å². The van der Waals surface area contributed by atoms with E-state index in [0.717, 1.165) is 8.95 Å². The first-order valence-electron chi connectivity index (χ1n) is 7.76. The van der Waals surface area contributed by atoms with Gasteiger partial charge in [-0.25, -0.2) is 0 Å². The summed E-state index contributed by atoms with van der Waals surface area (Å²) in [6.45, 7) is 0. The summed E-state index contributed by atoms with van der Waals surface area (Å²) in [7, 11) is 0. The van der Waals surface area contributed by atoms with Gasteiger partial charge in [0.15, 0.2) is 0 Å². The van der Waals surface area contributed by atoms with E-state index in [1.54, 1.807) is 0 Å². The quantitative estimate of drug-likeness (QED) is 0.301. The van der Waals surface area contributed by atoms with Gasteiger partial charge >= 0.3 is 0 Å². The van der Waals surface area contributed by atoms with Crippen LogP contribution in [0.25, 0.3) is 33.0 Å². The summed E-state index contributed by atoms with van der Waals surface area (Å²) in [5.41, 5.74) is 4.96. The molecule has 0 aromatic heterocycles. The topological polar surface area (TPSA) is 0 Å². The SMILES string of the molecule is Brc1cccc(-c2ccc(-c3cccc(Br)c3)c3ccccc23)c1. The minimum absolute atomic E-state index is 1.10. The van der Waals surface area contributed by atoms with Crippen LogP contribution in [-0.2, 0) is 0 Å². The molecule has 4 rings (SSSR count). The molecule has 0 unspecified atom stereocenters. The third-order valence-corrected chi connectivity index (χ3v) is 5.18. The summed E-state index contributed by atoms with van der Waals surface area (Å²) in [4.78, 5) is 0. The van der Waals surface area contributed by atoms with Crippen molar-refractivity contribution in [2.24, 2.45) is 0 Å². The van der Waals surface area contributed by atoms with Crippen LogP contribution in [0.1, 0.15) is 0 Å². The Morgan fingerprint density at radius 1 is 0.458 bits per heavy atom. The minimum Gasteiger partial charge on any atom is -0.0616 e. The molecule has 2 heteroatoms. The second kappa shape index (κ2) is 6.54. The second-order valence-corrected chi connectivity index (χ2v) is 7.56. The van der Waals surface area contributed by atoms with E-state index >= 15 is 0 Å². The van der Waals surface area contributed by atoms with Crippen LogP contribution in [0.5, 0.6) is 0 Å². The molecule has 24 heavy (non-hydrogen) atoms. The molecule has 0 N–H and O–H groups in total. The predicted octanol–water partition coefficient (Wildman–Crippen LogP) is 7.70. The van der Waals surface area contributed by atoms with Crippen molar-refractivity contribution >= 4 is 42.6 Å². The maximum Gasteiger partial charge on any atom is 0.0181 e. The van der Waals surface area contributed by atoms with Gasteiger partial charge in [0.2, 0.25) is 0 Å².